The zero-order valence-corrected chi connectivity index (χ0v) is 14.9. The van der Waals surface area contributed by atoms with Crippen LogP contribution in [-0.4, -0.2) is 52.8 Å². The highest BCUT2D eigenvalue weighted by Gasteiger charge is 2.15. The molecule has 0 aliphatic heterocycles. The molecule has 0 saturated carbocycles. The fourth-order valence-corrected chi connectivity index (χ4v) is 2.73. The lowest BCUT2D eigenvalue weighted by Crippen LogP contribution is -2.31. The number of hydrogen-bond donors (Lipinski definition) is 2. The summed E-state index contributed by atoms with van der Waals surface area (Å²) < 4.78 is 3.30. The molecule has 11 heteroatoms. The minimum Gasteiger partial charge on any atom is -0.394 e. The maximum Gasteiger partial charge on any atom is 0.196 e. The van der Waals surface area contributed by atoms with Gasteiger partial charge in [0, 0.05) is 24.0 Å². The molecule has 0 bridgehead atoms. The van der Waals surface area contributed by atoms with Crippen molar-refractivity contribution in [1.82, 2.24) is 34.3 Å². The first kappa shape index (κ1) is 17.7. The van der Waals surface area contributed by atoms with Gasteiger partial charge in [-0.2, -0.15) is 10.2 Å². The number of aromatic nitrogens is 7. The van der Waals surface area contributed by atoms with E-state index in [1.807, 2.05) is 18.3 Å². The van der Waals surface area contributed by atoms with Crippen molar-refractivity contribution in [1.29, 1.82) is 0 Å². The van der Waals surface area contributed by atoms with Gasteiger partial charge in [0.1, 0.15) is 0 Å². The number of anilines is 1. The molecule has 142 valence electrons. The summed E-state index contributed by atoms with van der Waals surface area (Å²) in [5.41, 5.74) is 2.81. The van der Waals surface area contributed by atoms with Crippen molar-refractivity contribution in [2.24, 2.45) is 10.8 Å². The Kier molecular flexibility index (Phi) is 4.74. The van der Waals surface area contributed by atoms with Gasteiger partial charge in [-0.25, -0.2) is 30.3 Å². The molecule has 4 heterocycles. The maximum atomic E-state index is 9.03. The predicted molar refractivity (Wildman–Crippen MR) is 103 cm³/mol. The van der Waals surface area contributed by atoms with Crippen LogP contribution < -0.4 is 10.9 Å². The number of nitrogens with two attached hydrogens (primary N) is 1. The molecule has 0 fully saturated rings. The van der Waals surface area contributed by atoms with E-state index in [9.17, 15) is 0 Å². The normalized spacial score (nSPS) is 11.1. The molecule has 0 aliphatic rings. The highest BCUT2D eigenvalue weighted by Crippen LogP contribution is 2.26. The molecule has 0 spiro atoms. The number of hydrogen-bond acceptors (Lipinski definition) is 9. The van der Waals surface area contributed by atoms with E-state index in [1.54, 1.807) is 34.0 Å². The van der Waals surface area contributed by atoms with Gasteiger partial charge in [-0.15, -0.1) is 0 Å². The second-order valence-corrected chi connectivity index (χ2v) is 5.96. The van der Waals surface area contributed by atoms with E-state index in [4.69, 9.17) is 10.9 Å². The Morgan fingerprint density at radius 2 is 2.11 bits per heavy atom. The van der Waals surface area contributed by atoms with Gasteiger partial charge in [0.25, 0.3) is 0 Å². The summed E-state index contributed by atoms with van der Waals surface area (Å²) in [7, 11) is 0. The standard InChI is InChI=1S/C17H18N10O/c1-19-16-17(24-14(9-20-16)12-8-22-25(10-12)6-7-28)26(18)11-13-3-5-27-15(23-13)2-4-21-27/h2-5,8-10,28H,1,6-7,11,18H2. The fourth-order valence-electron chi connectivity index (χ4n) is 2.73. The first-order chi connectivity index (χ1) is 13.7. The van der Waals surface area contributed by atoms with Crippen molar-refractivity contribution in [2.45, 2.75) is 13.1 Å². The highest BCUT2D eigenvalue weighted by atomic mass is 16.3. The van der Waals surface area contributed by atoms with E-state index in [0.29, 0.717) is 30.4 Å². The predicted octanol–water partition coefficient (Wildman–Crippen LogP) is 0.587. The Hall–Kier alpha value is -3.70. The molecule has 0 amide bonds. The summed E-state index contributed by atoms with van der Waals surface area (Å²) in [6, 6.07) is 3.64. The maximum absolute atomic E-state index is 9.03. The van der Waals surface area contributed by atoms with Gasteiger partial charge in [0.15, 0.2) is 17.3 Å². The molecule has 3 N–H and O–H groups in total. The molecule has 0 atom stereocenters. The highest BCUT2D eigenvalue weighted by molar-refractivity contribution is 5.66. The van der Waals surface area contributed by atoms with E-state index in [2.05, 4.69) is 36.9 Å². The van der Waals surface area contributed by atoms with Crippen LogP contribution in [0.1, 0.15) is 5.69 Å². The number of aliphatic hydroxyl groups is 1. The fraction of sp³-hybridized carbons (Fsp3) is 0.176. The summed E-state index contributed by atoms with van der Waals surface area (Å²) >= 11 is 0. The van der Waals surface area contributed by atoms with Gasteiger partial charge in [0.05, 0.1) is 49.7 Å². The molecule has 4 rings (SSSR count). The van der Waals surface area contributed by atoms with E-state index < -0.39 is 0 Å². The van der Waals surface area contributed by atoms with Gasteiger partial charge in [-0.3, -0.25) is 9.69 Å². The summed E-state index contributed by atoms with van der Waals surface area (Å²) in [4.78, 5) is 17.3. The lowest BCUT2D eigenvalue weighted by atomic mass is 10.2. The van der Waals surface area contributed by atoms with Gasteiger partial charge in [-0.1, -0.05) is 0 Å². The Balaban J connectivity index is 1.63. The van der Waals surface area contributed by atoms with Crippen LogP contribution in [0.3, 0.4) is 0 Å². The lowest BCUT2D eigenvalue weighted by Gasteiger charge is -2.18. The third kappa shape index (κ3) is 3.43. The zero-order chi connectivity index (χ0) is 19.5. The topological polar surface area (TPSA) is 136 Å². The van der Waals surface area contributed by atoms with Crippen molar-refractivity contribution in [3.8, 4) is 11.3 Å². The van der Waals surface area contributed by atoms with Crippen LogP contribution in [0.25, 0.3) is 16.9 Å². The van der Waals surface area contributed by atoms with Gasteiger partial charge >= 0.3 is 0 Å². The Morgan fingerprint density at radius 3 is 2.93 bits per heavy atom. The van der Waals surface area contributed by atoms with E-state index in [1.165, 1.54) is 5.01 Å². The number of hydrazine groups is 1. The Bertz CT molecular complexity index is 1120. The third-order valence-electron chi connectivity index (χ3n) is 4.06. The first-order valence-electron chi connectivity index (χ1n) is 8.47. The first-order valence-corrected chi connectivity index (χ1v) is 8.47. The van der Waals surface area contributed by atoms with Crippen molar-refractivity contribution in [3.63, 3.8) is 0 Å². The number of fused-ring (bicyclic) bond motifs is 1. The van der Waals surface area contributed by atoms with Crippen molar-refractivity contribution in [3.05, 3.63) is 48.8 Å². The van der Waals surface area contributed by atoms with Crippen LogP contribution >= 0.6 is 0 Å². The smallest absolute Gasteiger partial charge is 0.196 e. The van der Waals surface area contributed by atoms with Gasteiger partial charge < -0.3 is 5.11 Å². The van der Waals surface area contributed by atoms with E-state index in [-0.39, 0.29) is 6.61 Å². The molecule has 0 aromatic carbocycles. The van der Waals surface area contributed by atoms with Gasteiger partial charge in [-0.05, 0) is 12.8 Å². The Morgan fingerprint density at radius 1 is 1.21 bits per heavy atom. The van der Waals surface area contributed by atoms with Crippen molar-refractivity contribution >= 4 is 24.0 Å². The second kappa shape index (κ2) is 7.50. The van der Waals surface area contributed by atoms with Crippen LogP contribution in [0.4, 0.5) is 11.6 Å². The number of rotatable bonds is 7. The van der Waals surface area contributed by atoms with Crippen molar-refractivity contribution < 1.29 is 5.11 Å². The van der Waals surface area contributed by atoms with Crippen LogP contribution in [0.15, 0.2) is 48.1 Å². The SMILES string of the molecule is C=Nc1ncc(-c2cnn(CCO)c2)nc1N(N)Cc1ccn2nccc2n1. The molecule has 0 saturated heterocycles. The molecule has 11 nitrogen and oxygen atoms in total. The van der Waals surface area contributed by atoms with Crippen LogP contribution in [0.5, 0.6) is 0 Å². The van der Waals surface area contributed by atoms with E-state index in [0.717, 1.165) is 16.9 Å². The average Bonchev–Trinajstić information content (AvgIpc) is 3.37. The lowest BCUT2D eigenvalue weighted by molar-refractivity contribution is 0.269. The summed E-state index contributed by atoms with van der Waals surface area (Å²) in [6.45, 7) is 4.24. The molecule has 4 aromatic heterocycles. The summed E-state index contributed by atoms with van der Waals surface area (Å²) in [6.07, 6.45) is 8.51. The monoisotopic (exact) mass is 378 g/mol. The molecular weight excluding hydrogens is 360 g/mol. The molecule has 0 aliphatic carbocycles. The van der Waals surface area contributed by atoms with Gasteiger partial charge in [0.2, 0.25) is 0 Å². The average molecular weight is 378 g/mol. The number of aliphatic imine (C=N–C) groups is 1. The molecular formula is C17H18N10O. The second-order valence-electron chi connectivity index (χ2n) is 5.96. The largest absolute Gasteiger partial charge is 0.394 e. The zero-order valence-electron chi connectivity index (χ0n) is 14.9. The third-order valence-corrected chi connectivity index (χ3v) is 4.06. The summed E-state index contributed by atoms with van der Waals surface area (Å²) in [5.74, 6) is 6.94. The van der Waals surface area contributed by atoms with Crippen LogP contribution in [0.2, 0.25) is 0 Å². The molecule has 28 heavy (non-hydrogen) atoms. The van der Waals surface area contributed by atoms with Crippen LogP contribution in [-0.2, 0) is 13.1 Å². The van der Waals surface area contributed by atoms with Crippen LogP contribution in [0, 0.1) is 0 Å². The Labute approximate surface area is 159 Å². The minimum atomic E-state index is 0.00246. The van der Waals surface area contributed by atoms with Crippen molar-refractivity contribution in [2.75, 3.05) is 11.6 Å². The van der Waals surface area contributed by atoms with E-state index >= 15 is 0 Å². The number of aliphatic hydroxyl groups excluding tert-OH is 1. The quantitative estimate of drug-likeness (QED) is 0.271. The molecule has 0 radical (unpaired) electrons. The number of nitrogens with zero attached hydrogens (tertiary/aromatic N) is 9. The molecule has 0 unspecified atom stereocenters. The minimum absolute atomic E-state index is 0.00246. The summed E-state index contributed by atoms with van der Waals surface area (Å²) in [5, 5.41) is 18.8. The molecule has 4 aromatic rings.